The van der Waals surface area contributed by atoms with Gasteiger partial charge in [-0.25, -0.2) is 18.3 Å². The lowest BCUT2D eigenvalue weighted by atomic mass is 10.3. The average Bonchev–Trinajstić information content (AvgIpc) is 2.48. The third kappa shape index (κ3) is 2.24. The van der Waals surface area contributed by atoms with Crippen LogP contribution in [0.2, 0.25) is 0 Å². The van der Waals surface area contributed by atoms with Crippen molar-refractivity contribution in [1.82, 2.24) is 4.40 Å². The number of aryl methyl sites for hydroxylation is 1. The molecule has 0 fully saturated rings. The van der Waals surface area contributed by atoms with Gasteiger partial charge in [-0.2, -0.15) is 4.40 Å². The summed E-state index contributed by atoms with van der Waals surface area (Å²) >= 11 is 0. The van der Waals surface area contributed by atoms with Crippen LogP contribution in [0.15, 0.2) is 53.7 Å². The molecular weight excluding hydrogens is 276 g/mol. The van der Waals surface area contributed by atoms with Crippen molar-refractivity contribution in [3.05, 3.63) is 65.8 Å². The highest BCUT2D eigenvalue weighted by Gasteiger charge is 2.10. The van der Waals surface area contributed by atoms with E-state index in [1.165, 1.54) is 16.7 Å². The maximum Gasteiger partial charge on any atom is 0.286 e. The number of aromatic nitrogens is 2. The van der Waals surface area contributed by atoms with Gasteiger partial charge in [0.1, 0.15) is 5.69 Å². The van der Waals surface area contributed by atoms with Crippen LogP contribution in [0.1, 0.15) is 0 Å². The number of nitrogens with zero attached hydrogens (tertiary/aromatic N) is 3. The molecule has 21 heavy (non-hydrogen) atoms. The number of pyridine rings is 1. The number of para-hydroxylation sites is 1. The van der Waals surface area contributed by atoms with Crippen LogP contribution in [0.25, 0.3) is 5.65 Å². The van der Waals surface area contributed by atoms with Crippen LogP contribution in [-0.2, 0) is 7.05 Å². The molecule has 0 aliphatic carbocycles. The second-order valence-electron chi connectivity index (χ2n) is 4.51. The minimum atomic E-state index is -0.777. The molecule has 0 atom stereocenters. The Morgan fingerprint density at radius 1 is 1.10 bits per heavy atom. The lowest BCUT2D eigenvalue weighted by Crippen LogP contribution is -2.39. The van der Waals surface area contributed by atoms with Crippen molar-refractivity contribution >= 4 is 11.3 Å². The second kappa shape index (κ2) is 4.97. The normalized spacial score (nSPS) is 12.0. The summed E-state index contributed by atoms with van der Waals surface area (Å²) in [6, 6.07) is 9.97. The van der Waals surface area contributed by atoms with E-state index < -0.39 is 17.3 Å². The molecule has 1 aromatic carbocycles. The van der Waals surface area contributed by atoms with Gasteiger partial charge in [-0.15, -0.1) is 0 Å². The van der Waals surface area contributed by atoms with Gasteiger partial charge in [-0.3, -0.25) is 0 Å². The smallest absolute Gasteiger partial charge is 0.286 e. The van der Waals surface area contributed by atoms with Gasteiger partial charge in [0.2, 0.25) is 5.49 Å². The van der Waals surface area contributed by atoms with Crippen LogP contribution in [0.5, 0.6) is 5.88 Å². The topological polar surface area (TPSA) is 43.7 Å². The van der Waals surface area contributed by atoms with Gasteiger partial charge in [0.15, 0.2) is 11.6 Å². The highest BCUT2D eigenvalue weighted by Crippen LogP contribution is 2.20. The molecule has 0 radical (unpaired) electrons. The number of halogens is 2. The van der Waals surface area contributed by atoms with E-state index >= 15 is 0 Å². The van der Waals surface area contributed by atoms with Gasteiger partial charge >= 0.3 is 0 Å². The molecule has 0 amide bonds. The van der Waals surface area contributed by atoms with Crippen LogP contribution < -0.4 is 15.2 Å². The summed E-state index contributed by atoms with van der Waals surface area (Å²) in [7, 11) is 1.62. The van der Waals surface area contributed by atoms with Gasteiger partial charge in [-0.05, 0) is 18.2 Å². The lowest BCUT2D eigenvalue weighted by Gasteiger charge is -2.08. The van der Waals surface area contributed by atoms with Crippen molar-refractivity contribution in [3.63, 3.8) is 0 Å². The lowest BCUT2D eigenvalue weighted by molar-refractivity contribution is -0.694. The number of hydrogen-bond acceptors (Lipinski definition) is 2. The van der Waals surface area contributed by atoms with Crippen molar-refractivity contribution in [3.8, 4) is 5.88 Å². The molecule has 0 bridgehead atoms. The van der Waals surface area contributed by atoms with Crippen LogP contribution in [0, 0.1) is 11.6 Å². The molecule has 0 N–H and O–H groups in total. The molecule has 0 aliphatic heterocycles. The molecule has 3 aromatic rings. The number of hydrogen-bond donors (Lipinski definition) is 0. The van der Waals surface area contributed by atoms with E-state index in [1.54, 1.807) is 35.8 Å². The van der Waals surface area contributed by atoms with Gasteiger partial charge in [0, 0.05) is 12.1 Å². The van der Waals surface area contributed by atoms with Gasteiger partial charge in [-0.1, -0.05) is 12.1 Å². The first kappa shape index (κ1) is 13.2. The molecule has 2 aromatic heterocycles. The Balaban J connectivity index is 2.40. The Labute approximate surface area is 118 Å². The van der Waals surface area contributed by atoms with Gasteiger partial charge in [0.05, 0.1) is 19.1 Å². The predicted molar refractivity (Wildman–Crippen MR) is 69.6 cm³/mol. The van der Waals surface area contributed by atoms with E-state index in [0.717, 1.165) is 12.1 Å². The minimum absolute atomic E-state index is 0.165. The Hall–Kier alpha value is -2.76. The second-order valence-corrected chi connectivity index (χ2v) is 4.51. The molecule has 106 valence electrons. The van der Waals surface area contributed by atoms with E-state index in [4.69, 9.17) is 0 Å². The average molecular weight is 287 g/mol. The fourth-order valence-electron chi connectivity index (χ4n) is 2.09. The first-order chi connectivity index (χ1) is 10.1. The van der Waals surface area contributed by atoms with E-state index in [9.17, 15) is 13.9 Å². The van der Waals surface area contributed by atoms with Crippen LogP contribution in [0.4, 0.5) is 14.5 Å². The monoisotopic (exact) mass is 287 g/mol. The Bertz CT molecular complexity index is 883. The summed E-state index contributed by atoms with van der Waals surface area (Å²) in [6.45, 7) is 0. The molecule has 0 saturated heterocycles. The number of fused-ring (bicyclic) bond motifs is 1. The van der Waals surface area contributed by atoms with Crippen molar-refractivity contribution in [2.45, 2.75) is 0 Å². The predicted octanol–water partition coefficient (Wildman–Crippen LogP) is 1.35. The molecular formula is C15H11F2N3O. The third-order valence-corrected chi connectivity index (χ3v) is 3.18. The summed E-state index contributed by atoms with van der Waals surface area (Å²) < 4.78 is 30.4. The molecule has 0 unspecified atom stereocenters. The van der Waals surface area contributed by atoms with E-state index in [-0.39, 0.29) is 11.4 Å². The molecule has 0 saturated carbocycles. The standard InChI is InChI=1S/C15H11F2N3O/c1-19-13-7-2-3-8-20(13)12(9-14(19)21)18-15-10(16)5-4-6-11(15)17/h2-9H,1H3. The first-order valence-corrected chi connectivity index (χ1v) is 6.24. The zero-order valence-electron chi connectivity index (χ0n) is 11.1. The fraction of sp³-hybridized carbons (Fsp3) is 0.0667. The van der Waals surface area contributed by atoms with Crippen molar-refractivity contribution in [2.24, 2.45) is 12.0 Å². The van der Waals surface area contributed by atoms with E-state index in [0.29, 0.717) is 5.65 Å². The highest BCUT2D eigenvalue weighted by atomic mass is 19.1. The zero-order valence-corrected chi connectivity index (χ0v) is 11.1. The summed E-state index contributed by atoms with van der Waals surface area (Å²) in [6.07, 6.45) is 1.67. The summed E-state index contributed by atoms with van der Waals surface area (Å²) in [4.78, 5) is 3.97. The largest absolute Gasteiger partial charge is 0.842 e. The maximum atomic E-state index is 13.7. The first-order valence-electron chi connectivity index (χ1n) is 6.24. The maximum absolute atomic E-state index is 13.7. The highest BCUT2D eigenvalue weighted by molar-refractivity contribution is 5.40. The van der Waals surface area contributed by atoms with Crippen LogP contribution in [0.3, 0.4) is 0 Å². The third-order valence-electron chi connectivity index (χ3n) is 3.18. The Morgan fingerprint density at radius 3 is 2.52 bits per heavy atom. The minimum Gasteiger partial charge on any atom is -0.842 e. The van der Waals surface area contributed by atoms with E-state index in [2.05, 4.69) is 4.99 Å². The molecule has 6 heteroatoms. The number of benzene rings is 1. The van der Waals surface area contributed by atoms with Crippen molar-refractivity contribution in [2.75, 3.05) is 0 Å². The SMILES string of the molecule is C[n+]1c([O-])cc(=Nc2c(F)cccc2F)n2ccccc21. The van der Waals surface area contributed by atoms with Gasteiger partial charge in [0.25, 0.3) is 5.65 Å². The Morgan fingerprint density at radius 2 is 1.81 bits per heavy atom. The van der Waals surface area contributed by atoms with Gasteiger partial charge < -0.3 is 5.11 Å². The molecule has 0 spiro atoms. The summed E-state index contributed by atoms with van der Waals surface area (Å²) in [5.41, 5.74) is 0.321. The molecule has 2 heterocycles. The van der Waals surface area contributed by atoms with Crippen LogP contribution in [-0.4, -0.2) is 4.40 Å². The molecule has 3 rings (SSSR count). The zero-order chi connectivity index (χ0) is 15.0. The quantitative estimate of drug-likeness (QED) is 0.623. The summed E-state index contributed by atoms with van der Waals surface area (Å²) in [5, 5.41) is 11.9. The van der Waals surface area contributed by atoms with Crippen molar-refractivity contribution < 1.29 is 18.5 Å². The van der Waals surface area contributed by atoms with Crippen molar-refractivity contribution in [1.29, 1.82) is 0 Å². The summed E-state index contributed by atoms with van der Waals surface area (Å²) in [5.74, 6) is -1.86. The fourth-order valence-corrected chi connectivity index (χ4v) is 2.09. The van der Waals surface area contributed by atoms with E-state index in [1.807, 2.05) is 0 Å². The molecule has 4 nitrogen and oxygen atoms in total. The molecule has 0 aliphatic rings. The Kier molecular flexibility index (Phi) is 3.13. The van der Waals surface area contributed by atoms with Crippen LogP contribution >= 0.6 is 0 Å². The number of rotatable bonds is 1.